The summed E-state index contributed by atoms with van der Waals surface area (Å²) in [5.74, 6) is -1.16. The van der Waals surface area contributed by atoms with Crippen molar-refractivity contribution >= 4 is 52.3 Å². The molecule has 3 heterocycles. The van der Waals surface area contributed by atoms with Gasteiger partial charge in [0.05, 0.1) is 17.8 Å². The number of nitrogens with two attached hydrogens (primary N) is 1. The lowest BCUT2D eigenvalue weighted by atomic mass is 10.3. The van der Waals surface area contributed by atoms with Gasteiger partial charge >= 0.3 is 0 Å². The van der Waals surface area contributed by atoms with E-state index in [9.17, 15) is 9.18 Å². The average molecular weight is 383 g/mol. The van der Waals surface area contributed by atoms with Gasteiger partial charge in [-0.05, 0) is 6.42 Å². The van der Waals surface area contributed by atoms with Crippen molar-refractivity contribution in [1.29, 1.82) is 0 Å². The van der Waals surface area contributed by atoms with Crippen LogP contribution in [-0.4, -0.2) is 41.1 Å². The van der Waals surface area contributed by atoms with Crippen molar-refractivity contribution < 1.29 is 9.18 Å². The number of amides is 1. The van der Waals surface area contributed by atoms with Crippen molar-refractivity contribution in [2.75, 3.05) is 11.1 Å². The van der Waals surface area contributed by atoms with Gasteiger partial charge in [0.1, 0.15) is 10.5 Å². The number of nitrogens with one attached hydrogen (secondary N) is 2. The highest BCUT2D eigenvalue weighted by atomic mass is 35.5. The Bertz CT molecular complexity index is 936. The van der Waals surface area contributed by atoms with Crippen LogP contribution >= 0.6 is 23.4 Å². The number of rotatable bonds is 5. The number of carbonyl (C=O) groups excluding carboxylic acids is 1. The fourth-order valence-corrected chi connectivity index (χ4v) is 3.11. The first-order valence-corrected chi connectivity index (χ1v) is 8.35. The molecule has 0 fully saturated rings. The molecule has 0 aromatic carbocycles. The maximum Gasteiger partial charge on any atom is 0.240 e. The van der Waals surface area contributed by atoms with E-state index in [1.54, 1.807) is 0 Å². The van der Waals surface area contributed by atoms with Crippen LogP contribution in [-0.2, 0) is 4.79 Å². The third kappa shape index (κ3) is 3.77. The SMILES string of the molecule is CC[C@H](Sc1nc(N)nc2nc[nH]c12)C(=O)Nc1ncc(F)c(Cl)n1. The van der Waals surface area contributed by atoms with Crippen molar-refractivity contribution in [1.82, 2.24) is 29.9 Å². The summed E-state index contributed by atoms with van der Waals surface area (Å²) in [6.07, 6.45) is 2.85. The van der Waals surface area contributed by atoms with Crippen LogP contribution in [0.25, 0.3) is 11.2 Å². The van der Waals surface area contributed by atoms with Crippen LogP contribution in [0.4, 0.5) is 16.3 Å². The Kier molecular flexibility index (Phi) is 4.95. The number of aromatic nitrogens is 6. The maximum atomic E-state index is 13.1. The van der Waals surface area contributed by atoms with E-state index >= 15 is 0 Å². The van der Waals surface area contributed by atoms with E-state index in [0.29, 0.717) is 22.6 Å². The van der Waals surface area contributed by atoms with Gasteiger partial charge in [0.2, 0.25) is 17.8 Å². The molecule has 3 rings (SSSR count). The normalized spacial score (nSPS) is 12.3. The van der Waals surface area contributed by atoms with E-state index in [1.165, 1.54) is 18.1 Å². The number of fused-ring (bicyclic) bond motifs is 1. The highest BCUT2D eigenvalue weighted by Crippen LogP contribution is 2.29. The van der Waals surface area contributed by atoms with Gasteiger partial charge in [0.15, 0.2) is 16.6 Å². The molecule has 3 aromatic rings. The summed E-state index contributed by atoms with van der Waals surface area (Å²) in [4.78, 5) is 34.9. The van der Waals surface area contributed by atoms with Crippen molar-refractivity contribution in [2.24, 2.45) is 0 Å². The quantitative estimate of drug-likeness (QED) is 0.450. The highest BCUT2D eigenvalue weighted by Gasteiger charge is 2.22. The zero-order valence-electron chi connectivity index (χ0n) is 12.8. The van der Waals surface area contributed by atoms with Gasteiger partial charge in [-0.15, -0.1) is 0 Å². The number of hydrogen-bond acceptors (Lipinski definition) is 8. The molecule has 0 radical (unpaired) electrons. The van der Waals surface area contributed by atoms with Crippen LogP contribution in [0, 0.1) is 5.82 Å². The number of aromatic amines is 1. The highest BCUT2D eigenvalue weighted by molar-refractivity contribution is 8.00. The fourth-order valence-electron chi connectivity index (χ4n) is 1.96. The molecule has 25 heavy (non-hydrogen) atoms. The van der Waals surface area contributed by atoms with Gasteiger partial charge in [0, 0.05) is 0 Å². The molecule has 0 unspecified atom stereocenters. The molecule has 1 amide bonds. The van der Waals surface area contributed by atoms with E-state index in [1.807, 2.05) is 6.92 Å². The van der Waals surface area contributed by atoms with Crippen molar-refractivity contribution in [3.8, 4) is 0 Å². The molecular weight excluding hydrogens is 371 g/mol. The van der Waals surface area contributed by atoms with Crippen molar-refractivity contribution in [3.63, 3.8) is 0 Å². The third-order valence-electron chi connectivity index (χ3n) is 3.12. The first kappa shape index (κ1) is 17.3. The topological polar surface area (TPSA) is 135 Å². The van der Waals surface area contributed by atoms with Crippen LogP contribution in [0.15, 0.2) is 17.6 Å². The molecule has 0 spiro atoms. The van der Waals surface area contributed by atoms with Crippen molar-refractivity contribution in [3.05, 3.63) is 23.5 Å². The molecule has 1 atom stereocenters. The lowest BCUT2D eigenvalue weighted by Crippen LogP contribution is -2.26. The minimum Gasteiger partial charge on any atom is -0.368 e. The van der Waals surface area contributed by atoms with E-state index in [2.05, 4.69) is 35.2 Å². The van der Waals surface area contributed by atoms with Gasteiger partial charge < -0.3 is 10.7 Å². The number of halogens is 2. The zero-order valence-corrected chi connectivity index (χ0v) is 14.4. The zero-order chi connectivity index (χ0) is 18.0. The number of thioether (sulfide) groups is 1. The molecule has 0 saturated heterocycles. The first-order chi connectivity index (χ1) is 12.0. The molecule has 0 aliphatic carbocycles. The predicted octanol–water partition coefficient (Wildman–Crippen LogP) is 2.03. The molecule has 0 aliphatic heterocycles. The van der Waals surface area contributed by atoms with E-state index in [4.69, 9.17) is 17.3 Å². The van der Waals surface area contributed by atoms with Crippen molar-refractivity contribution in [2.45, 2.75) is 23.6 Å². The second-order valence-corrected chi connectivity index (χ2v) is 6.37. The molecule has 4 N–H and O–H groups in total. The number of nitrogen functional groups attached to an aromatic ring is 1. The van der Waals surface area contributed by atoms with Gasteiger partial charge in [-0.3, -0.25) is 10.1 Å². The Morgan fingerprint density at radius 1 is 1.44 bits per heavy atom. The standard InChI is InChI=1S/C13H12ClFN8OS/c1-2-6(10(24)22-13-17-3-5(15)8(14)20-13)25-11-7-9(19-4-18-7)21-12(16)23-11/h3-4,6H,2H2,1H3,(H,17,20,22,24)(H3,16,18,19,21,23)/t6-/m0/s1. The Morgan fingerprint density at radius 2 is 2.24 bits per heavy atom. The summed E-state index contributed by atoms with van der Waals surface area (Å²) in [5.41, 5.74) is 6.68. The molecule has 3 aromatic heterocycles. The molecule has 12 heteroatoms. The minimum absolute atomic E-state index is 0.0611. The van der Waals surface area contributed by atoms with E-state index in [0.717, 1.165) is 6.20 Å². The number of nitrogens with zero attached hydrogens (tertiary/aromatic N) is 5. The Labute approximate surface area is 150 Å². The average Bonchev–Trinajstić information content (AvgIpc) is 3.04. The van der Waals surface area contributed by atoms with Crippen LogP contribution in [0.5, 0.6) is 0 Å². The summed E-state index contributed by atoms with van der Waals surface area (Å²) in [5, 5.41) is 2.12. The number of H-pyrrole nitrogens is 1. The van der Waals surface area contributed by atoms with Gasteiger partial charge in [-0.1, -0.05) is 30.3 Å². The Morgan fingerprint density at radius 3 is 2.96 bits per heavy atom. The lowest BCUT2D eigenvalue weighted by Gasteiger charge is -2.14. The first-order valence-electron chi connectivity index (χ1n) is 7.10. The summed E-state index contributed by atoms with van der Waals surface area (Å²) in [6, 6.07) is 0. The molecule has 130 valence electrons. The van der Waals surface area contributed by atoms with E-state index in [-0.39, 0.29) is 23.0 Å². The summed E-state index contributed by atoms with van der Waals surface area (Å²) in [6.45, 7) is 1.84. The number of imidazole rings is 1. The van der Waals surface area contributed by atoms with Crippen LogP contribution in [0.3, 0.4) is 0 Å². The lowest BCUT2D eigenvalue weighted by molar-refractivity contribution is -0.115. The van der Waals surface area contributed by atoms with Crippen LogP contribution in [0.1, 0.15) is 13.3 Å². The van der Waals surface area contributed by atoms with Gasteiger partial charge in [0.25, 0.3) is 0 Å². The molecule has 0 bridgehead atoms. The number of hydrogen-bond donors (Lipinski definition) is 3. The monoisotopic (exact) mass is 382 g/mol. The van der Waals surface area contributed by atoms with Crippen LogP contribution < -0.4 is 11.1 Å². The predicted molar refractivity (Wildman–Crippen MR) is 91.7 cm³/mol. The number of carbonyl (C=O) groups is 1. The second-order valence-electron chi connectivity index (χ2n) is 4.82. The van der Waals surface area contributed by atoms with Gasteiger partial charge in [-0.2, -0.15) is 9.97 Å². The summed E-state index contributed by atoms with van der Waals surface area (Å²) >= 11 is 6.78. The second kappa shape index (κ2) is 7.15. The van der Waals surface area contributed by atoms with E-state index < -0.39 is 11.1 Å². The maximum absolute atomic E-state index is 13.1. The number of anilines is 2. The molecule has 0 saturated carbocycles. The van der Waals surface area contributed by atoms with Gasteiger partial charge in [-0.25, -0.2) is 19.3 Å². The minimum atomic E-state index is -0.765. The fraction of sp³-hybridized carbons (Fsp3) is 0.231. The largest absolute Gasteiger partial charge is 0.368 e. The molecule has 0 aliphatic rings. The summed E-state index contributed by atoms with van der Waals surface area (Å²) in [7, 11) is 0. The van der Waals surface area contributed by atoms with Crippen LogP contribution in [0.2, 0.25) is 5.15 Å². The molecule has 9 nitrogen and oxygen atoms in total. The molecular formula is C13H12ClFN8OS. The Balaban J connectivity index is 1.80. The Hall–Kier alpha value is -2.53. The summed E-state index contributed by atoms with van der Waals surface area (Å²) < 4.78 is 13.1. The third-order valence-corrected chi connectivity index (χ3v) is 4.74. The smallest absolute Gasteiger partial charge is 0.240 e.